The van der Waals surface area contributed by atoms with Crippen LogP contribution in [0.2, 0.25) is 0 Å². The molecule has 1 heterocycles. The molecule has 0 spiro atoms. The summed E-state index contributed by atoms with van der Waals surface area (Å²) in [6.45, 7) is 4.71. The lowest BCUT2D eigenvalue weighted by atomic mass is 9.94. The van der Waals surface area contributed by atoms with Crippen LogP contribution in [-0.4, -0.2) is 29.6 Å². The molecule has 1 aliphatic rings. The summed E-state index contributed by atoms with van der Waals surface area (Å²) in [6.07, 6.45) is 1.69. The van der Waals surface area contributed by atoms with Crippen LogP contribution in [0.4, 0.5) is 0 Å². The van der Waals surface area contributed by atoms with Gasteiger partial charge in [-0.25, -0.2) is 0 Å². The van der Waals surface area contributed by atoms with Crippen LogP contribution < -0.4 is 0 Å². The van der Waals surface area contributed by atoms with Gasteiger partial charge in [0, 0.05) is 19.2 Å². The molecule has 2 aromatic rings. The molecule has 0 bridgehead atoms. The Hall–Kier alpha value is -2.39. The summed E-state index contributed by atoms with van der Waals surface area (Å²) in [5.74, 6) is 0.0413. The summed E-state index contributed by atoms with van der Waals surface area (Å²) in [5, 5.41) is 0. The minimum Gasteiger partial charge on any atom is -0.374 e. The van der Waals surface area contributed by atoms with Gasteiger partial charge in [-0.1, -0.05) is 60.7 Å². The van der Waals surface area contributed by atoms with Gasteiger partial charge in [-0.2, -0.15) is 0 Å². The molecule has 0 saturated carbocycles. The van der Waals surface area contributed by atoms with Crippen LogP contribution in [0.15, 0.2) is 66.2 Å². The lowest BCUT2D eigenvalue weighted by Crippen LogP contribution is -2.46. The number of methoxy groups -OCH3 is 1. The van der Waals surface area contributed by atoms with E-state index in [4.69, 9.17) is 4.74 Å². The Balaban J connectivity index is 1.97. The number of carbonyl (C=O) groups excluding carboxylic acids is 1. The molecule has 1 atom stereocenters. The minimum atomic E-state index is -0.401. The average molecular weight is 321 g/mol. The molecule has 0 aromatic heterocycles. The second-order valence-corrected chi connectivity index (χ2v) is 6.66. The number of nitrogens with zero attached hydrogens (tertiary/aromatic N) is 1. The van der Waals surface area contributed by atoms with Gasteiger partial charge >= 0.3 is 0 Å². The van der Waals surface area contributed by atoms with Crippen molar-refractivity contribution in [2.75, 3.05) is 7.11 Å². The zero-order valence-corrected chi connectivity index (χ0v) is 14.4. The highest BCUT2D eigenvalue weighted by molar-refractivity contribution is 6.02. The Kier molecular flexibility index (Phi) is 4.54. The third-order valence-corrected chi connectivity index (χ3v) is 4.65. The molecule has 3 rings (SSSR count). The van der Waals surface area contributed by atoms with Crippen molar-refractivity contribution in [2.24, 2.45) is 0 Å². The Morgan fingerprint density at radius 1 is 1.04 bits per heavy atom. The first kappa shape index (κ1) is 16.5. The molecule has 1 saturated heterocycles. The minimum absolute atomic E-state index is 0.0413. The Bertz CT molecular complexity index is 735. The Morgan fingerprint density at radius 3 is 2.21 bits per heavy atom. The molecule has 1 unspecified atom stereocenters. The van der Waals surface area contributed by atoms with Crippen LogP contribution in [0.5, 0.6) is 0 Å². The fourth-order valence-corrected chi connectivity index (χ4v) is 3.37. The van der Waals surface area contributed by atoms with E-state index >= 15 is 0 Å². The number of carbonyl (C=O) groups is 1. The highest BCUT2D eigenvalue weighted by Crippen LogP contribution is 2.37. The number of benzene rings is 2. The fourth-order valence-electron chi connectivity index (χ4n) is 3.37. The van der Waals surface area contributed by atoms with E-state index in [-0.39, 0.29) is 12.0 Å². The van der Waals surface area contributed by atoms with E-state index in [0.29, 0.717) is 12.1 Å². The Labute approximate surface area is 143 Å². The number of amides is 1. The van der Waals surface area contributed by atoms with Crippen LogP contribution in [0.1, 0.15) is 25.0 Å². The number of hydrogen-bond donors (Lipinski definition) is 0. The van der Waals surface area contributed by atoms with Crippen LogP contribution in [0.3, 0.4) is 0 Å². The van der Waals surface area contributed by atoms with E-state index in [0.717, 1.165) is 11.1 Å². The summed E-state index contributed by atoms with van der Waals surface area (Å²) >= 11 is 0. The molecule has 3 heteroatoms. The van der Waals surface area contributed by atoms with E-state index in [9.17, 15) is 4.79 Å². The summed E-state index contributed by atoms with van der Waals surface area (Å²) in [6, 6.07) is 20.0. The quantitative estimate of drug-likeness (QED) is 0.799. The smallest absolute Gasteiger partial charge is 0.253 e. The van der Waals surface area contributed by atoms with Gasteiger partial charge in [0.2, 0.25) is 0 Å². The normalized spacial score (nSPS) is 21.5. The van der Waals surface area contributed by atoms with E-state index in [2.05, 4.69) is 13.8 Å². The van der Waals surface area contributed by atoms with Crippen molar-refractivity contribution in [2.45, 2.75) is 32.0 Å². The molecular weight excluding hydrogens is 298 g/mol. The van der Waals surface area contributed by atoms with Crippen LogP contribution in [-0.2, 0) is 16.1 Å². The lowest BCUT2D eigenvalue weighted by molar-refractivity contribution is -0.129. The molecule has 2 aromatic carbocycles. The van der Waals surface area contributed by atoms with Gasteiger partial charge in [0.25, 0.3) is 5.91 Å². The predicted octanol–water partition coefficient (Wildman–Crippen LogP) is 3.91. The third kappa shape index (κ3) is 3.00. The number of rotatable bonds is 4. The van der Waals surface area contributed by atoms with Gasteiger partial charge in [-0.3, -0.25) is 4.79 Å². The summed E-state index contributed by atoms with van der Waals surface area (Å²) in [5.41, 5.74) is 2.45. The highest BCUT2D eigenvalue weighted by atomic mass is 16.5. The van der Waals surface area contributed by atoms with E-state index < -0.39 is 5.54 Å². The van der Waals surface area contributed by atoms with Crippen LogP contribution in [0, 0.1) is 0 Å². The molecule has 0 radical (unpaired) electrons. The van der Waals surface area contributed by atoms with Gasteiger partial charge in [-0.15, -0.1) is 0 Å². The zero-order chi connectivity index (χ0) is 17.2. The van der Waals surface area contributed by atoms with Crippen molar-refractivity contribution in [3.63, 3.8) is 0 Å². The SMILES string of the molecule is COC1/C(=C\c2ccccc2)C(=O)N(Cc2ccccc2)C1(C)C. The topological polar surface area (TPSA) is 29.5 Å². The predicted molar refractivity (Wildman–Crippen MR) is 96.3 cm³/mol. The molecule has 0 aliphatic carbocycles. The van der Waals surface area contributed by atoms with Gasteiger partial charge in [0.05, 0.1) is 5.54 Å². The standard InChI is InChI=1S/C21H23NO2/c1-21(2)19(24-3)18(14-16-10-6-4-7-11-16)20(23)22(21)15-17-12-8-5-9-13-17/h4-14,19H,15H2,1-3H3/b18-14+. The number of likely N-dealkylation sites (tertiary alicyclic amines) is 1. The van der Waals surface area contributed by atoms with Crippen molar-refractivity contribution in [1.29, 1.82) is 0 Å². The number of ether oxygens (including phenoxy) is 1. The van der Waals surface area contributed by atoms with Crippen LogP contribution >= 0.6 is 0 Å². The van der Waals surface area contributed by atoms with Gasteiger partial charge < -0.3 is 9.64 Å². The highest BCUT2D eigenvalue weighted by Gasteiger charge is 2.50. The molecule has 124 valence electrons. The molecule has 24 heavy (non-hydrogen) atoms. The van der Waals surface area contributed by atoms with Crippen molar-refractivity contribution < 1.29 is 9.53 Å². The fraction of sp³-hybridized carbons (Fsp3) is 0.286. The van der Waals surface area contributed by atoms with E-state index in [1.54, 1.807) is 7.11 Å². The molecule has 1 fully saturated rings. The molecule has 3 nitrogen and oxygen atoms in total. The third-order valence-electron chi connectivity index (χ3n) is 4.65. The van der Waals surface area contributed by atoms with Gasteiger partial charge in [0.1, 0.15) is 6.10 Å². The maximum absolute atomic E-state index is 13.1. The van der Waals surface area contributed by atoms with Gasteiger partial charge in [-0.05, 0) is 31.1 Å². The van der Waals surface area contributed by atoms with Crippen molar-refractivity contribution in [1.82, 2.24) is 4.90 Å². The average Bonchev–Trinajstić information content (AvgIpc) is 2.77. The van der Waals surface area contributed by atoms with Crippen molar-refractivity contribution >= 4 is 12.0 Å². The number of hydrogen-bond acceptors (Lipinski definition) is 2. The second-order valence-electron chi connectivity index (χ2n) is 6.66. The van der Waals surface area contributed by atoms with E-state index in [1.807, 2.05) is 71.6 Å². The first-order chi connectivity index (χ1) is 11.5. The summed E-state index contributed by atoms with van der Waals surface area (Å²) < 4.78 is 5.72. The largest absolute Gasteiger partial charge is 0.374 e. The van der Waals surface area contributed by atoms with Gasteiger partial charge in [0.15, 0.2) is 0 Å². The first-order valence-electron chi connectivity index (χ1n) is 8.19. The lowest BCUT2D eigenvalue weighted by Gasteiger charge is -2.34. The molecule has 1 aliphatic heterocycles. The first-order valence-corrected chi connectivity index (χ1v) is 8.19. The summed E-state index contributed by atoms with van der Waals surface area (Å²) in [4.78, 5) is 15.0. The Morgan fingerprint density at radius 2 is 1.62 bits per heavy atom. The van der Waals surface area contributed by atoms with E-state index in [1.165, 1.54) is 0 Å². The molecular formula is C21H23NO2. The maximum Gasteiger partial charge on any atom is 0.253 e. The zero-order valence-electron chi connectivity index (χ0n) is 14.4. The maximum atomic E-state index is 13.1. The van der Waals surface area contributed by atoms with Crippen LogP contribution in [0.25, 0.3) is 6.08 Å². The summed E-state index contributed by atoms with van der Waals surface area (Å²) in [7, 11) is 1.67. The second kappa shape index (κ2) is 6.62. The van der Waals surface area contributed by atoms with Crippen molar-refractivity contribution in [3.05, 3.63) is 77.4 Å². The molecule has 1 amide bonds. The molecule has 0 N–H and O–H groups in total. The van der Waals surface area contributed by atoms with Crippen molar-refractivity contribution in [3.8, 4) is 0 Å². The monoisotopic (exact) mass is 321 g/mol.